The summed E-state index contributed by atoms with van der Waals surface area (Å²) in [5.41, 5.74) is 1.34. The summed E-state index contributed by atoms with van der Waals surface area (Å²) in [4.78, 5) is 33.4. The third-order valence-corrected chi connectivity index (χ3v) is 4.28. The number of phosphoric acid groups is 1. The molecule has 152 valence electrons. The van der Waals surface area contributed by atoms with Crippen LogP contribution in [0, 0.1) is 0 Å². The maximum Gasteiger partial charge on any atom is 0.584 e. The summed E-state index contributed by atoms with van der Waals surface area (Å²) in [7, 11) is -4.54. The summed E-state index contributed by atoms with van der Waals surface area (Å²) in [5, 5.41) is 5.15. The maximum atomic E-state index is 12.3. The topological polar surface area (TPSA) is 114 Å². The molecule has 0 radical (unpaired) electrons. The van der Waals surface area contributed by atoms with Crippen molar-refractivity contribution in [1.82, 2.24) is 0 Å². The molecule has 2 rings (SSSR count). The Bertz CT molecular complexity index is 940. The van der Waals surface area contributed by atoms with Crippen LogP contribution < -0.4 is 19.7 Å². The van der Waals surface area contributed by atoms with Crippen LogP contribution in [0.5, 0.6) is 11.5 Å². The van der Waals surface area contributed by atoms with E-state index in [1.54, 1.807) is 26.0 Å². The molecule has 2 aromatic carbocycles. The van der Waals surface area contributed by atoms with Crippen molar-refractivity contribution < 1.29 is 28.1 Å². The number of hydrogen-bond donors (Lipinski definition) is 3. The Labute approximate surface area is 168 Å². The van der Waals surface area contributed by atoms with E-state index in [0.29, 0.717) is 22.5 Å². The number of carbonyl (C=O) groups is 2. The van der Waals surface area contributed by atoms with Gasteiger partial charge in [-0.25, -0.2) is 4.57 Å². The van der Waals surface area contributed by atoms with E-state index in [1.165, 1.54) is 36.4 Å². The van der Waals surface area contributed by atoms with Crippen LogP contribution in [0.2, 0.25) is 0 Å². The van der Waals surface area contributed by atoms with E-state index in [2.05, 4.69) is 23.8 Å². The van der Waals surface area contributed by atoms with Gasteiger partial charge in [0.05, 0.1) is 0 Å². The molecule has 0 fully saturated rings. The van der Waals surface area contributed by atoms with Gasteiger partial charge < -0.3 is 19.7 Å². The zero-order valence-corrected chi connectivity index (χ0v) is 16.9. The van der Waals surface area contributed by atoms with Gasteiger partial charge in [-0.1, -0.05) is 25.3 Å². The molecule has 0 saturated carbocycles. The minimum absolute atomic E-state index is 0.0158. The third kappa shape index (κ3) is 6.95. The summed E-state index contributed by atoms with van der Waals surface area (Å²) in [6, 6.07) is 11.9. The van der Waals surface area contributed by atoms with Gasteiger partial charge in [-0.3, -0.25) is 14.5 Å². The lowest BCUT2D eigenvalue weighted by Gasteiger charge is -2.15. The van der Waals surface area contributed by atoms with Crippen LogP contribution in [0.4, 0.5) is 11.4 Å². The summed E-state index contributed by atoms with van der Waals surface area (Å²) < 4.78 is 22.5. The van der Waals surface area contributed by atoms with Gasteiger partial charge in [-0.2, -0.15) is 0 Å². The molecular weight excluding hydrogens is 395 g/mol. The summed E-state index contributed by atoms with van der Waals surface area (Å²) in [6.45, 7) is 10.2. The predicted octanol–water partition coefficient (Wildman–Crippen LogP) is 4.27. The van der Waals surface area contributed by atoms with Crippen molar-refractivity contribution in [3.8, 4) is 11.5 Å². The average molecular weight is 416 g/mol. The molecule has 0 aliphatic carbocycles. The predicted molar refractivity (Wildman–Crippen MR) is 111 cm³/mol. The molecule has 0 atom stereocenters. The molecule has 0 unspecified atom stereocenters. The molecule has 9 heteroatoms. The van der Waals surface area contributed by atoms with E-state index in [9.17, 15) is 19.0 Å². The number of carbonyl (C=O) groups excluding carboxylic acids is 2. The summed E-state index contributed by atoms with van der Waals surface area (Å²) in [5.74, 6) is -0.748. The van der Waals surface area contributed by atoms with E-state index in [4.69, 9.17) is 9.05 Å². The fourth-order valence-electron chi connectivity index (χ4n) is 2.02. The Kier molecular flexibility index (Phi) is 6.98. The highest BCUT2D eigenvalue weighted by atomic mass is 31.2. The second-order valence-corrected chi connectivity index (χ2v) is 7.48. The van der Waals surface area contributed by atoms with Crippen LogP contribution >= 0.6 is 7.82 Å². The lowest BCUT2D eigenvalue weighted by molar-refractivity contribution is -0.113. The maximum absolute atomic E-state index is 12.3. The van der Waals surface area contributed by atoms with E-state index in [-0.39, 0.29) is 23.3 Å². The molecule has 0 spiro atoms. The van der Waals surface area contributed by atoms with Crippen molar-refractivity contribution in [3.63, 3.8) is 0 Å². The molecule has 0 saturated heterocycles. The van der Waals surface area contributed by atoms with Crippen molar-refractivity contribution in [2.24, 2.45) is 0 Å². The van der Waals surface area contributed by atoms with Gasteiger partial charge in [0.2, 0.25) is 0 Å². The monoisotopic (exact) mass is 416 g/mol. The van der Waals surface area contributed by atoms with Crippen LogP contribution in [0.3, 0.4) is 0 Å². The Morgan fingerprint density at radius 3 is 1.59 bits per heavy atom. The summed E-state index contributed by atoms with van der Waals surface area (Å²) in [6.07, 6.45) is 0. The number of amides is 2. The zero-order valence-electron chi connectivity index (χ0n) is 16.0. The molecule has 0 aromatic heterocycles. The Hall–Kier alpha value is -3.35. The van der Waals surface area contributed by atoms with Gasteiger partial charge in [0, 0.05) is 34.7 Å². The summed E-state index contributed by atoms with van der Waals surface area (Å²) >= 11 is 0. The number of hydrogen-bond acceptors (Lipinski definition) is 5. The van der Waals surface area contributed by atoms with E-state index in [1.807, 2.05) is 0 Å². The first-order valence-electron chi connectivity index (χ1n) is 8.41. The lowest BCUT2D eigenvalue weighted by atomic mass is 10.2. The number of nitrogens with one attached hydrogen (secondary N) is 2. The van der Waals surface area contributed by atoms with Gasteiger partial charge in [-0.15, -0.1) is 0 Å². The standard InChI is InChI=1S/C20H21N2O6P/c1-13(2)19(23)21-15-7-5-9-17(11-15)27-29(25,26)28-18-10-6-8-16(12-18)22-20(24)14(3)4/h5-12H,1,3H2,2,4H3,(H,21,23)(H,22,24)(H,25,26). The second kappa shape index (κ2) is 9.23. The smallest absolute Gasteiger partial charge is 0.395 e. The van der Waals surface area contributed by atoms with Crippen molar-refractivity contribution >= 4 is 31.0 Å². The zero-order chi connectivity index (χ0) is 21.6. The van der Waals surface area contributed by atoms with Gasteiger partial charge >= 0.3 is 7.82 Å². The van der Waals surface area contributed by atoms with Crippen molar-refractivity contribution in [2.75, 3.05) is 10.6 Å². The van der Waals surface area contributed by atoms with Crippen LogP contribution in [0.15, 0.2) is 72.8 Å². The van der Waals surface area contributed by atoms with Crippen molar-refractivity contribution in [3.05, 3.63) is 72.8 Å². The van der Waals surface area contributed by atoms with E-state index >= 15 is 0 Å². The Morgan fingerprint density at radius 2 is 1.24 bits per heavy atom. The number of benzene rings is 2. The molecule has 3 N–H and O–H groups in total. The number of phosphoric ester groups is 1. The molecule has 2 amide bonds. The molecule has 8 nitrogen and oxygen atoms in total. The minimum atomic E-state index is -4.54. The Morgan fingerprint density at radius 1 is 0.862 bits per heavy atom. The van der Waals surface area contributed by atoms with Gasteiger partial charge in [0.1, 0.15) is 11.5 Å². The quantitative estimate of drug-likeness (QED) is 0.437. The number of rotatable bonds is 8. The van der Waals surface area contributed by atoms with Gasteiger partial charge in [0.25, 0.3) is 11.8 Å². The average Bonchev–Trinajstić information content (AvgIpc) is 2.61. The third-order valence-electron chi connectivity index (χ3n) is 3.40. The van der Waals surface area contributed by atoms with Crippen molar-refractivity contribution in [2.45, 2.75) is 13.8 Å². The molecule has 0 bridgehead atoms. The van der Waals surface area contributed by atoms with Crippen LogP contribution in [-0.2, 0) is 14.2 Å². The molecule has 29 heavy (non-hydrogen) atoms. The first-order chi connectivity index (χ1) is 13.6. The molecule has 0 heterocycles. The van der Waals surface area contributed by atoms with E-state index < -0.39 is 7.82 Å². The van der Waals surface area contributed by atoms with Gasteiger partial charge in [0.15, 0.2) is 0 Å². The largest absolute Gasteiger partial charge is 0.584 e. The van der Waals surface area contributed by atoms with Crippen LogP contribution in [-0.4, -0.2) is 16.7 Å². The molecule has 2 aromatic rings. The molecule has 0 aliphatic rings. The van der Waals surface area contributed by atoms with Crippen LogP contribution in [0.25, 0.3) is 0 Å². The van der Waals surface area contributed by atoms with Gasteiger partial charge in [-0.05, 0) is 38.1 Å². The molecular formula is C20H21N2O6P. The SMILES string of the molecule is C=C(C)C(=O)Nc1cccc(OP(=O)(O)Oc2cccc(NC(=O)C(=C)C)c2)c1. The fraction of sp³-hybridized carbons (Fsp3) is 0.100. The Balaban J connectivity index is 2.10. The fourth-order valence-corrected chi connectivity index (χ4v) is 2.82. The first-order valence-corrected chi connectivity index (χ1v) is 9.91. The van der Waals surface area contributed by atoms with Crippen molar-refractivity contribution in [1.29, 1.82) is 0 Å². The highest BCUT2D eigenvalue weighted by molar-refractivity contribution is 7.48. The lowest BCUT2D eigenvalue weighted by Crippen LogP contribution is -2.12. The minimum Gasteiger partial charge on any atom is -0.395 e. The number of anilines is 2. The highest BCUT2D eigenvalue weighted by Gasteiger charge is 2.25. The second-order valence-electron chi connectivity index (χ2n) is 6.18. The first kappa shape index (κ1) is 21.9. The molecule has 0 aliphatic heterocycles. The van der Waals surface area contributed by atoms with E-state index in [0.717, 1.165) is 0 Å². The highest BCUT2D eigenvalue weighted by Crippen LogP contribution is 2.45. The normalized spacial score (nSPS) is 10.6. The van der Waals surface area contributed by atoms with Crippen LogP contribution in [0.1, 0.15) is 13.8 Å².